The van der Waals surface area contributed by atoms with E-state index in [-0.39, 0.29) is 17.4 Å². The molecule has 0 aliphatic rings. The zero-order valence-corrected chi connectivity index (χ0v) is 12.6. The topological polar surface area (TPSA) is 115 Å². The first-order valence-electron chi connectivity index (χ1n) is 6.33. The van der Waals surface area contributed by atoms with Crippen molar-refractivity contribution in [2.75, 3.05) is 6.54 Å². The van der Waals surface area contributed by atoms with Gasteiger partial charge >= 0.3 is 5.69 Å². The molecule has 3 N–H and O–H groups in total. The maximum Gasteiger partial charge on any atom is 0.304 e. The number of nitrogens with zero attached hydrogens (tertiary/aromatic N) is 1. The van der Waals surface area contributed by atoms with Gasteiger partial charge in [-0.25, -0.2) is 13.1 Å². The molecule has 1 aromatic rings. The summed E-state index contributed by atoms with van der Waals surface area (Å²) in [6.45, 7) is 3.94. The van der Waals surface area contributed by atoms with Crippen molar-refractivity contribution in [3.05, 3.63) is 34.1 Å². The molecule has 0 saturated carbocycles. The molecule has 1 atom stereocenters. The van der Waals surface area contributed by atoms with Crippen molar-refractivity contribution in [2.24, 2.45) is 11.7 Å². The van der Waals surface area contributed by atoms with Crippen LogP contribution in [0.25, 0.3) is 0 Å². The van der Waals surface area contributed by atoms with Crippen LogP contribution in [-0.2, 0) is 10.0 Å². The first-order valence-corrected chi connectivity index (χ1v) is 7.82. The van der Waals surface area contributed by atoms with Crippen molar-refractivity contribution < 1.29 is 17.7 Å². The minimum atomic E-state index is -3.97. The number of nitrogens with one attached hydrogen (secondary N) is 1. The maximum absolute atomic E-state index is 13.5. The predicted octanol–water partition coefficient (Wildman–Crippen LogP) is 1.39. The van der Waals surface area contributed by atoms with Crippen molar-refractivity contribution in [2.45, 2.75) is 31.2 Å². The van der Waals surface area contributed by atoms with E-state index in [1.807, 2.05) is 13.8 Å². The third-order valence-corrected chi connectivity index (χ3v) is 4.31. The number of hydrogen-bond donors (Lipinski definition) is 2. The number of halogens is 1. The summed E-state index contributed by atoms with van der Waals surface area (Å²) < 4.78 is 40.1. The molecule has 0 heterocycles. The standard InChI is InChI=1S/C12H18FN3O4S/c1-8(2)5-9(7-14)15-21(19,20)10-3-4-12(16(17)18)11(13)6-10/h3-4,6,8-9,15H,5,7,14H2,1-2H3. The van der Waals surface area contributed by atoms with Crippen LogP contribution in [0.15, 0.2) is 23.1 Å². The minimum Gasteiger partial charge on any atom is -0.329 e. The second-order valence-electron chi connectivity index (χ2n) is 5.05. The molecule has 7 nitrogen and oxygen atoms in total. The number of nitro groups is 1. The summed E-state index contributed by atoms with van der Waals surface area (Å²) in [4.78, 5) is 9.23. The van der Waals surface area contributed by atoms with E-state index >= 15 is 0 Å². The van der Waals surface area contributed by atoms with Gasteiger partial charge in [0.1, 0.15) is 0 Å². The van der Waals surface area contributed by atoms with E-state index in [2.05, 4.69) is 4.72 Å². The van der Waals surface area contributed by atoms with Gasteiger partial charge in [-0.15, -0.1) is 0 Å². The Morgan fingerprint density at radius 3 is 2.48 bits per heavy atom. The first-order chi connectivity index (χ1) is 9.67. The highest BCUT2D eigenvalue weighted by Crippen LogP contribution is 2.21. The molecule has 0 aromatic heterocycles. The summed E-state index contributed by atoms with van der Waals surface area (Å²) in [5.41, 5.74) is 4.74. The van der Waals surface area contributed by atoms with E-state index in [0.717, 1.165) is 12.1 Å². The normalized spacial score (nSPS) is 13.4. The zero-order chi connectivity index (χ0) is 16.2. The molecule has 1 aromatic carbocycles. The van der Waals surface area contributed by atoms with Crippen LogP contribution in [0.4, 0.5) is 10.1 Å². The Morgan fingerprint density at radius 2 is 2.05 bits per heavy atom. The smallest absolute Gasteiger partial charge is 0.304 e. The van der Waals surface area contributed by atoms with Gasteiger partial charge < -0.3 is 5.73 Å². The van der Waals surface area contributed by atoms with Crippen molar-refractivity contribution in [1.82, 2.24) is 4.72 Å². The van der Waals surface area contributed by atoms with Gasteiger partial charge in [-0.2, -0.15) is 4.39 Å². The second-order valence-corrected chi connectivity index (χ2v) is 6.77. The third kappa shape index (κ3) is 4.73. The number of nitrogens with two attached hydrogens (primary N) is 1. The highest BCUT2D eigenvalue weighted by Gasteiger charge is 2.23. The molecule has 0 amide bonds. The third-order valence-electron chi connectivity index (χ3n) is 2.79. The van der Waals surface area contributed by atoms with E-state index in [9.17, 15) is 22.9 Å². The van der Waals surface area contributed by atoms with Gasteiger partial charge in [-0.05, 0) is 18.4 Å². The Bertz CT molecular complexity index is 619. The maximum atomic E-state index is 13.5. The number of nitro benzene ring substituents is 1. The average molecular weight is 319 g/mol. The molecule has 0 bridgehead atoms. The Hall–Kier alpha value is -1.58. The zero-order valence-electron chi connectivity index (χ0n) is 11.7. The van der Waals surface area contributed by atoms with Crippen LogP contribution < -0.4 is 10.5 Å². The second kappa shape index (κ2) is 6.92. The summed E-state index contributed by atoms with van der Waals surface area (Å²) in [5, 5.41) is 10.5. The summed E-state index contributed by atoms with van der Waals surface area (Å²) in [6.07, 6.45) is 0.533. The van der Waals surface area contributed by atoms with Crippen molar-refractivity contribution >= 4 is 15.7 Å². The van der Waals surface area contributed by atoms with Crippen LogP contribution >= 0.6 is 0 Å². The number of sulfonamides is 1. The Balaban J connectivity index is 3.02. The lowest BCUT2D eigenvalue weighted by atomic mass is 10.1. The molecule has 0 aliphatic heterocycles. The van der Waals surface area contributed by atoms with E-state index in [1.165, 1.54) is 0 Å². The van der Waals surface area contributed by atoms with E-state index in [1.54, 1.807) is 0 Å². The fourth-order valence-corrected chi connectivity index (χ4v) is 3.12. The summed E-state index contributed by atoms with van der Waals surface area (Å²) in [7, 11) is -3.97. The molecule has 1 unspecified atom stereocenters. The van der Waals surface area contributed by atoms with Gasteiger partial charge in [0.15, 0.2) is 0 Å². The van der Waals surface area contributed by atoms with E-state index < -0.39 is 32.5 Å². The molecular weight excluding hydrogens is 301 g/mol. The largest absolute Gasteiger partial charge is 0.329 e. The van der Waals surface area contributed by atoms with Gasteiger partial charge in [-0.3, -0.25) is 10.1 Å². The molecule has 0 saturated heterocycles. The van der Waals surface area contributed by atoms with Crippen LogP contribution in [0, 0.1) is 21.8 Å². The monoisotopic (exact) mass is 319 g/mol. The number of hydrogen-bond acceptors (Lipinski definition) is 5. The quantitative estimate of drug-likeness (QED) is 0.582. The Morgan fingerprint density at radius 1 is 1.43 bits per heavy atom. The summed E-state index contributed by atoms with van der Waals surface area (Å²) in [5.74, 6) is -0.967. The molecular formula is C12H18FN3O4S. The Labute approximate surface area is 122 Å². The molecule has 0 radical (unpaired) electrons. The molecule has 0 aliphatic carbocycles. The highest BCUT2D eigenvalue weighted by atomic mass is 32.2. The van der Waals surface area contributed by atoms with Crippen LogP contribution in [-0.4, -0.2) is 25.9 Å². The fourth-order valence-electron chi connectivity index (χ4n) is 1.85. The lowest BCUT2D eigenvalue weighted by Gasteiger charge is -2.18. The van der Waals surface area contributed by atoms with E-state index in [4.69, 9.17) is 5.73 Å². The minimum absolute atomic E-state index is 0.104. The Kier molecular flexibility index (Phi) is 5.76. The van der Waals surface area contributed by atoms with Gasteiger partial charge in [0.25, 0.3) is 0 Å². The SMILES string of the molecule is CC(C)CC(CN)NS(=O)(=O)c1ccc([N+](=O)[O-])c(F)c1. The van der Waals surface area contributed by atoms with Gasteiger partial charge in [-0.1, -0.05) is 13.8 Å². The van der Waals surface area contributed by atoms with Crippen molar-refractivity contribution in [3.8, 4) is 0 Å². The van der Waals surface area contributed by atoms with Gasteiger partial charge in [0.2, 0.25) is 15.8 Å². The molecule has 21 heavy (non-hydrogen) atoms. The highest BCUT2D eigenvalue weighted by molar-refractivity contribution is 7.89. The number of benzene rings is 1. The lowest BCUT2D eigenvalue weighted by molar-refractivity contribution is -0.387. The van der Waals surface area contributed by atoms with Crippen molar-refractivity contribution in [1.29, 1.82) is 0 Å². The van der Waals surface area contributed by atoms with Gasteiger partial charge in [0.05, 0.1) is 9.82 Å². The first kappa shape index (κ1) is 17.5. The van der Waals surface area contributed by atoms with Crippen LogP contribution in [0.5, 0.6) is 0 Å². The predicted molar refractivity (Wildman–Crippen MR) is 75.7 cm³/mol. The molecule has 0 fully saturated rings. The molecule has 1 rings (SSSR count). The summed E-state index contributed by atoms with van der Waals surface area (Å²) in [6, 6.07) is 1.97. The molecule has 9 heteroatoms. The fraction of sp³-hybridized carbons (Fsp3) is 0.500. The lowest BCUT2D eigenvalue weighted by Crippen LogP contribution is -2.41. The van der Waals surface area contributed by atoms with Crippen molar-refractivity contribution in [3.63, 3.8) is 0 Å². The molecule has 118 valence electrons. The van der Waals surface area contributed by atoms with Gasteiger partial charge in [0, 0.05) is 24.7 Å². The number of rotatable bonds is 7. The van der Waals surface area contributed by atoms with Crippen LogP contribution in [0.3, 0.4) is 0 Å². The van der Waals surface area contributed by atoms with Crippen LogP contribution in [0.2, 0.25) is 0 Å². The van der Waals surface area contributed by atoms with Crippen LogP contribution in [0.1, 0.15) is 20.3 Å². The average Bonchev–Trinajstić information content (AvgIpc) is 2.36. The summed E-state index contributed by atoms with van der Waals surface area (Å²) >= 11 is 0. The molecule has 0 spiro atoms. The van der Waals surface area contributed by atoms with E-state index in [0.29, 0.717) is 12.5 Å².